The molecule has 0 aromatic heterocycles. The van der Waals surface area contributed by atoms with Gasteiger partial charge in [0.15, 0.2) is 33.9 Å². The van der Waals surface area contributed by atoms with Crippen LogP contribution in [0.3, 0.4) is 0 Å². The maximum atomic E-state index is 13.4. The summed E-state index contributed by atoms with van der Waals surface area (Å²) in [4.78, 5) is 94.6. The normalized spacial score (nSPS) is 14.0. The second-order valence-corrected chi connectivity index (χ2v) is 10.1. The topological polar surface area (TPSA) is 216 Å². The summed E-state index contributed by atoms with van der Waals surface area (Å²) in [5.41, 5.74) is -4.56. The molecule has 0 bridgehead atoms. The maximum absolute atomic E-state index is 13.4. The first-order valence-corrected chi connectivity index (χ1v) is 13.3. The summed E-state index contributed by atoms with van der Waals surface area (Å²) in [5, 5.41) is 17.4. The van der Waals surface area contributed by atoms with Gasteiger partial charge in [-0.15, -0.1) is 23.2 Å². The third-order valence-electron chi connectivity index (χ3n) is 6.15. The van der Waals surface area contributed by atoms with E-state index >= 15 is 0 Å². The van der Waals surface area contributed by atoms with Gasteiger partial charge < -0.3 is 14.2 Å². The van der Waals surface area contributed by atoms with Gasteiger partial charge >= 0.3 is 24.3 Å². The zero-order valence-electron chi connectivity index (χ0n) is 24.0. The van der Waals surface area contributed by atoms with E-state index in [0.29, 0.717) is 38.5 Å². The smallest absolute Gasteiger partial charge is 0.409 e. The Morgan fingerprint density at radius 2 is 0.959 bits per heavy atom. The van der Waals surface area contributed by atoms with E-state index in [4.69, 9.17) is 27.9 Å². The number of hydrogen-bond acceptors (Lipinski definition) is 13. The molecule has 0 saturated carbocycles. The number of nitro benzene ring substituents is 2. The molecule has 0 aliphatic rings. The number of halogens is 8. The standard InChI is InChI=1S/C26H16Cl2F6N2O13/c1-47-23(41)15(25(29,30)31)21(39)17(27)19(37)11-7-9(3-5-13(11)35(43)44)49-10-4-6-14(36(45)46)12(8-10)20(38)18(28)22(40)16(24(42)48-2)26(32,33)34/h3-8,15-18H,1-2H3. The van der Waals surface area contributed by atoms with Crippen LogP contribution in [0.2, 0.25) is 0 Å². The highest BCUT2D eigenvalue weighted by Crippen LogP contribution is 2.36. The molecule has 0 aliphatic heterocycles. The highest BCUT2D eigenvalue weighted by molar-refractivity contribution is 6.46. The summed E-state index contributed by atoms with van der Waals surface area (Å²) in [7, 11) is 0.990. The molecule has 4 atom stereocenters. The van der Waals surface area contributed by atoms with E-state index in [1.807, 2.05) is 0 Å². The molecule has 0 aliphatic carbocycles. The third kappa shape index (κ3) is 9.04. The van der Waals surface area contributed by atoms with Crippen molar-refractivity contribution in [2.75, 3.05) is 14.2 Å². The zero-order valence-corrected chi connectivity index (χ0v) is 25.5. The van der Waals surface area contributed by atoms with E-state index in [-0.39, 0.29) is 0 Å². The average Bonchev–Trinajstić information content (AvgIpc) is 3.01. The lowest BCUT2D eigenvalue weighted by Gasteiger charge is -2.19. The van der Waals surface area contributed by atoms with Crippen molar-refractivity contribution in [1.82, 2.24) is 0 Å². The van der Waals surface area contributed by atoms with Gasteiger partial charge in [-0.3, -0.25) is 49.0 Å². The summed E-state index contributed by atoms with van der Waals surface area (Å²) in [6.07, 6.45) is -11.2. The van der Waals surface area contributed by atoms with Crippen LogP contribution in [0.25, 0.3) is 0 Å². The number of esters is 2. The van der Waals surface area contributed by atoms with Gasteiger partial charge in [0, 0.05) is 12.1 Å². The number of alkyl halides is 8. The molecule has 0 fully saturated rings. The number of nitrogens with zero attached hydrogens (tertiary/aromatic N) is 2. The van der Waals surface area contributed by atoms with Crippen molar-refractivity contribution in [3.8, 4) is 11.5 Å². The molecular weight excluding hydrogens is 733 g/mol. The number of carbonyl (C=O) groups is 6. The first kappa shape index (κ1) is 40.0. The quantitative estimate of drug-likeness (QED) is 0.0487. The van der Waals surface area contributed by atoms with E-state index in [9.17, 15) is 75.3 Å². The van der Waals surface area contributed by atoms with Crippen molar-refractivity contribution in [3.63, 3.8) is 0 Å². The van der Waals surface area contributed by atoms with Crippen LogP contribution >= 0.6 is 23.2 Å². The Bertz CT molecular complexity index is 1610. The number of Topliss-reactive ketones (excluding diaryl/α,β-unsaturated/α-hetero) is 4. The van der Waals surface area contributed by atoms with Crippen LogP contribution in [-0.2, 0) is 28.7 Å². The van der Waals surface area contributed by atoms with Crippen molar-refractivity contribution in [3.05, 3.63) is 67.8 Å². The first-order valence-electron chi connectivity index (χ1n) is 12.5. The summed E-state index contributed by atoms with van der Waals surface area (Å²) in [6, 6.07) is 3.57. The molecule has 49 heavy (non-hydrogen) atoms. The van der Waals surface area contributed by atoms with Gasteiger partial charge in [0.05, 0.1) is 24.1 Å². The molecule has 2 rings (SSSR count). The van der Waals surface area contributed by atoms with Crippen molar-refractivity contribution >= 4 is 69.6 Å². The van der Waals surface area contributed by atoms with Crippen LogP contribution in [-0.4, -0.2) is 82.2 Å². The lowest BCUT2D eigenvalue weighted by Crippen LogP contribution is -2.44. The number of ether oxygens (including phenoxy) is 3. The first-order chi connectivity index (χ1) is 22.5. The number of ketones is 4. The summed E-state index contributed by atoms with van der Waals surface area (Å²) in [5.74, 6) is -20.9. The molecule has 264 valence electrons. The number of hydrogen-bond donors (Lipinski definition) is 0. The second-order valence-electron chi connectivity index (χ2n) is 9.23. The Hall–Kier alpha value is -5.18. The van der Waals surface area contributed by atoms with Gasteiger partial charge in [0.25, 0.3) is 11.4 Å². The fourth-order valence-electron chi connectivity index (χ4n) is 3.89. The Kier molecular flexibility index (Phi) is 12.5. The van der Waals surface area contributed by atoms with Crippen LogP contribution in [0.15, 0.2) is 36.4 Å². The molecule has 0 N–H and O–H groups in total. The minimum Gasteiger partial charge on any atom is -0.468 e. The monoisotopic (exact) mass is 748 g/mol. The average molecular weight is 749 g/mol. The molecule has 2 aromatic rings. The van der Waals surface area contributed by atoms with Crippen LogP contribution in [0.1, 0.15) is 20.7 Å². The Labute approximate surface area is 277 Å². The van der Waals surface area contributed by atoms with E-state index in [1.165, 1.54) is 0 Å². The fraction of sp³-hybridized carbons (Fsp3) is 0.308. The van der Waals surface area contributed by atoms with Gasteiger partial charge in [0.1, 0.15) is 22.6 Å². The second kappa shape index (κ2) is 15.4. The van der Waals surface area contributed by atoms with E-state index < -0.39 is 114 Å². The molecule has 0 heterocycles. The molecule has 4 unspecified atom stereocenters. The predicted octanol–water partition coefficient (Wildman–Crippen LogP) is 4.72. The number of nitro groups is 2. The number of rotatable bonds is 14. The summed E-state index contributed by atoms with van der Waals surface area (Å²) in [6.45, 7) is 0. The van der Waals surface area contributed by atoms with Gasteiger partial charge in [-0.1, -0.05) is 0 Å². The van der Waals surface area contributed by atoms with Crippen molar-refractivity contribution < 1.29 is 79.2 Å². The van der Waals surface area contributed by atoms with Gasteiger partial charge in [0.2, 0.25) is 11.8 Å². The molecule has 15 nitrogen and oxygen atoms in total. The van der Waals surface area contributed by atoms with E-state index in [1.54, 1.807) is 0 Å². The van der Waals surface area contributed by atoms with E-state index in [0.717, 1.165) is 12.1 Å². The lowest BCUT2D eigenvalue weighted by atomic mass is 9.95. The minimum atomic E-state index is -5.60. The summed E-state index contributed by atoms with van der Waals surface area (Å²) >= 11 is 11.3. The van der Waals surface area contributed by atoms with Crippen molar-refractivity contribution in [1.29, 1.82) is 0 Å². The molecular formula is C26H16Cl2F6N2O13. The van der Waals surface area contributed by atoms with Crippen LogP contribution in [0.5, 0.6) is 11.5 Å². The lowest BCUT2D eigenvalue weighted by molar-refractivity contribution is -0.385. The number of carbonyl (C=O) groups excluding carboxylic acids is 6. The van der Waals surface area contributed by atoms with Crippen molar-refractivity contribution in [2.24, 2.45) is 11.8 Å². The molecule has 0 spiro atoms. The number of benzene rings is 2. The van der Waals surface area contributed by atoms with Crippen LogP contribution in [0.4, 0.5) is 37.7 Å². The third-order valence-corrected chi connectivity index (χ3v) is 6.98. The Morgan fingerprint density at radius 3 is 1.20 bits per heavy atom. The molecule has 0 radical (unpaired) electrons. The Morgan fingerprint density at radius 1 is 0.653 bits per heavy atom. The largest absolute Gasteiger partial charge is 0.468 e. The molecule has 23 heteroatoms. The van der Waals surface area contributed by atoms with E-state index in [2.05, 4.69) is 9.47 Å². The molecule has 0 amide bonds. The highest BCUT2D eigenvalue weighted by Gasteiger charge is 2.55. The van der Waals surface area contributed by atoms with Crippen LogP contribution in [0, 0.1) is 32.1 Å². The Balaban J connectivity index is 2.58. The van der Waals surface area contributed by atoms with Gasteiger partial charge in [-0.25, -0.2) is 0 Å². The highest BCUT2D eigenvalue weighted by atomic mass is 35.5. The number of methoxy groups -OCH3 is 2. The van der Waals surface area contributed by atoms with Crippen molar-refractivity contribution in [2.45, 2.75) is 23.1 Å². The minimum absolute atomic E-state index is 0.477. The van der Waals surface area contributed by atoms with Gasteiger partial charge in [-0.05, 0) is 24.3 Å². The maximum Gasteiger partial charge on any atom is 0.409 e. The van der Waals surface area contributed by atoms with Crippen LogP contribution < -0.4 is 4.74 Å². The predicted molar refractivity (Wildman–Crippen MR) is 147 cm³/mol. The SMILES string of the molecule is COC(=O)C(C(=O)C(Cl)C(=O)c1cc(Oc2ccc([N+](=O)[O-])c(C(=O)C(Cl)C(=O)C(C(=O)OC)C(F)(F)F)c2)ccc1[N+](=O)[O-])C(F)(F)F. The fourth-order valence-corrected chi connectivity index (χ4v) is 4.38. The summed E-state index contributed by atoms with van der Waals surface area (Å²) < 4.78 is 93.4. The zero-order chi connectivity index (χ0) is 37.8. The molecule has 0 saturated heterocycles. The van der Waals surface area contributed by atoms with Gasteiger partial charge in [-0.2, -0.15) is 26.3 Å². The molecule has 2 aromatic carbocycles.